The summed E-state index contributed by atoms with van der Waals surface area (Å²) in [7, 11) is 3.12. The first kappa shape index (κ1) is 25.0. The first-order valence-corrected chi connectivity index (χ1v) is 12.4. The SMILES string of the molecule is CN(C)[C@H]1C(=O)C(C(N)=O)=C(O)[C@]2(O)C(=O)C3=C(O)c4c(O)ccc(-c5ccc6c(c5)OCO6)c4C[C@@H]3C[C@H]12. The summed E-state index contributed by atoms with van der Waals surface area (Å²) in [5, 5.41) is 44.8. The van der Waals surface area contributed by atoms with Crippen LogP contribution in [-0.2, 0) is 20.8 Å². The fourth-order valence-corrected chi connectivity index (χ4v) is 6.58. The summed E-state index contributed by atoms with van der Waals surface area (Å²) < 4.78 is 10.9. The number of amides is 1. The molecule has 6 N–H and O–H groups in total. The van der Waals surface area contributed by atoms with E-state index in [4.69, 9.17) is 15.2 Å². The van der Waals surface area contributed by atoms with Crippen molar-refractivity contribution >= 4 is 23.2 Å². The molecule has 0 spiro atoms. The number of aliphatic hydroxyl groups is 3. The molecule has 1 fully saturated rings. The number of carbonyl (C=O) groups excluding carboxylic acids is 3. The van der Waals surface area contributed by atoms with Gasteiger partial charge in [0.1, 0.15) is 22.8 Å². The number of primary amides is 1. The quantitative estimate of drug-likeness (QED) is 0.361. The maximum Gasteiger partial charge on any atom is 0.255 e. The van der Waals surface area contributed by atoms with Crippen molar-refractivity contribution in [3.63, 3.8) is 0 Å². The van der Waals surface area contributed by atoms with Crippen LogP contribution < -0.4 is 15.2 Å². The molecule has 11 heteroatoms. The van der Waals surface area contributed by atoms with E-state index in [1.165, 1.54) is 11.0 Å². The van der Waals surface area contributed by atoms with Gasteiger partial charge >= 0.3 is 0 Å². The maximum atomic E-state index is 13.9. The second kappa shape index (κ2) is 8.32. The molecular weight excluding hydrogens is 508 g/mol. The number of fused-ring (bicyclic) bond motifs is 4. The molecule has 202 valence electrons. The second-order valence-corrected chi connectivity index (χ2v) is 10.5. The average molecular weight is 535 g/mol. The van der Waals surface area contributed by atoms with E-state index in [9.17, 15) is 34.8 Å². The molecule has 11 nitrogen and oxygen atoms in total. The molecule has 1 heterocycles. The number of benzene rings is 2. The minimum absolute atomic E-state index is 0.0159. The van der Waals surface area contributed by atoms with E-state index < -0.39 is 58.0 Å². The Morgan fingerprint density at radius 3 is 2.49 bits per heavy atom. The Hall–Kier alpha value is -4.35. The van der Waals surface area contributed by atoms with Gasteiger partial charge in [-0.1, -0.05) is 12.1 Å². The molecule has 2 aromatic rings. The molecule has 1 saturated carbocycles. The van der Waals surface area contributed by atoms with Crippen LogP contribution in [-0.4, -0.2) is 75.3 Å². The molecule has 4 aliphatic rings. The lowest BCUT2D eigenvalue weighted by atomic mass is 9.57. The summed E-state index contributed by atoms with van der Waals surface area (Å²) in [6.45, 7) is 0.0956. The number of nitrogens with zero attached hydrogens (tertiary/aromatic N) is 1. The minimum Gasteiger partial charge on any atom is -0.508 e. The lowest BCUT2D eigenvalue weighted by Crippen LogP contribution is -2.65. The van der Waals surface area contributed by atoms with Crippen molar-refractivity contribution < 1.29 is 44.3 Å². The van der Waals surface area contributed by atoms with Crippen LogP contribution in [0.2, 0.25) is 0 Å². The van der Waals surface area contributed by atoms with E-state index in [0.717, 1.165) is 5.56 Å². The number of aliphatic hydroxyl groups excluding tert-OH is 2. The Bertz CT molecular complexity index is 1560. The Morgan fingerprint density at radius 2 is 1.79 bits per heavy atom. The molecule has 39 heavy (non-hydrogen) atoms. The third-order valence-corrected chi connectivity index (χ3v) is 8.29. The molecule has 1 aliphatic heterocycles. The zero-order valence-electron chi connectivity index (χ0n) is 21.1. The summed E-state index contributed by atoms with van der Waals surface area (Å²) in [6.07, 6.45) is 0.203. The highest BCUT2D eigenvalue weighted by Crippen LogP contribution is 2.54. The molecule has 6 rings (SSSR count). The number of phenols is 1. The summed E-state index contributed by atoms with van der Waals surface area (Å²) in [5.41, 5.74) is 3.66. The molecule has 0 aromatic heterocycles. The van der Waals surface area contributed by atoms with Crippen LogP contribution >= 0.6 is 0 Å². The van der Waals surface area contributed by atoms with Gasteiger partial charge in [-0.2, -0.15) is 0 Å². The van der Waals surface area contributed by atoms with Crippen LogP contribution in [0.15, 0.2) is 47.2 Å². The van der Waals surface area contributed by atoms with Crippen molar-refractivity contribution in [1.82, 2.24) is 4.90 Å². The Kier molecular flexibility index (Phi) is 5.33. The van der Waals surface area contributed by atoms with Crippen LogP contribution in [0.5, 0.6) is 17.2 Å². The summed E-state index contributed by atoms with van der Waals surface area (Å²) in [4.78, 5) is 40.7. The van der Waals surface area contributed by atoms with E-state index in [2.05, 4.69) is 0 Å². The molecular formula is C28H26N2O9. The van der Waals surface area contributed by atoms with Gasteiger partial charge in [0.2, 0.25) is 12.6 Å². The lowest BCUT2D eigenvalue weighted by molar-refractivity contribution is -0.153. The third kappa shape index (κ3) is 3.26. The summed E-state index contributed by atoms with van der Waals surface area (Å²) in [6, 6.07) is 7.31. The van der Waals surface area contributed by atoms with Crippen LogP contribution in [0.1, 0.15) is 17.5 Å². The lowest BCUT2D eigenvalue weighted by Gasteiger charge is -2.50. The molecule has 0 unspecified atom stereocenters. The van der Waals surface area contributed by atoms with Crippen molar-refractivity contribution in [3.8, 4) is 28.4 Å². The van der Waals surface area contributed by atoms with E-state index in [0.29, 0.717) is 22.6 Å². The number of rotatable bonds is 3. The van der Waals surface area contributed by atoms with Crippen LogP contribution in [0.3, 0.4) is 0 Å². The minimum atomic E-state index is -2.67. The topological polar surface area (TPSA) is 180 Å². The predicted octanol–water partition coefficient (Wildman–Crippen LogP) is 1.36. The van der Waals surface area contributed by atoms with Gasteiger partial charge in [0.05, 0.1) is 11.6 Å². The van der Waals surface area contributed by atoms with Gasteiger partial charge < -0.3 is 35.6 Å². The van der Waals surface area contributed by atoms with Crippen molar-refractivity contribution in [2.45, 2.75) is 24.5 Å². The molecule has 3 aliphatic carbocycles. The number of nitrogens with two attached hydrogens (primary N) is 1. The fraction of sp³-hybridized carbons (Fsp3) is 0.321. The Labute approximate surface area is 222 Å². The Balaban J connectivity index is 1.54. The molecule has 4 atom stereocenters. The first-order chi connectivity index (χ1) is 18.5. The van der Waals surface area contributed by atoms with Crippen LogP contribution in [0, 0.1) is 11.8 Å². The number of aromatic hydroxyl groups is 1. The highest BCUT2D eigenvalue weighted by Gasteiger charge is 2.64. The molecule has 1 amide bonds. The maximum absolute atomic E-state index is 13.9. The van der Waals surface area contributed by atoms with Gasteiger partial charge in [0, 0.05) is 11.5 Å². The smallest absolute Gasteiger partial charge is 0.255 e. The van der Waals surface area contributed by atoms with E-state index in [1.54, 1.807) is 32.3 Å². The molecule has 0 radical (unpaired) electrons. The number of ether oxygens (including phenoxy) is 2. The predicted molar refractivity (Wildman–Crippen MR) is 136 cm³/mol. The van der Waals surface area contributed by atoms with Crippen LogP contribution in [0.25, 0.3) is 16.9 Å². The zero-order chi connectivity index (χ0) is 28.0. The van der Waals surface area contributed by atoms with Crippen molar-refractivity contribution in [1.29, 1.82) is 0 Å². The van der Waals surface area contributed by atoms with Gasteiger partial charge in [-0.3, -0.25) is 19.3 Å². The normalized spacial score (nSPS) is 27.4. The summed E-state index contributed by atoms with van der Waals surface area (Å²) >= 11 is 0. The number of hydrogen-bond acceptors (Lipinski definition) is 10. The summed E-state index contributed by atoms with van der Waals surface area (Å²) in [5.74, 6) is -5.70. The van der Waals surface area contributed by atoms with Gasteiger partial charge in [-0.05, 0) is 67.7 Å². The van der Waals surface area contributed by atoms with Gasteiger partial charge in [0.15, 0.2) is 22.9 Å². The Morgan fingerprint density at radius 1 is 1.08 bits per heavy atom. The average Bonchev–Trinajstić information content (AvgIpc) is 3.34. The number of phenolic OH excluding ortho intramolecular Hbond substituents is 1. The molecule has 0 bridgehead atoms. The monoisotopic (exact) mass is 534 g/mol. The van der Waals surface area contributed by atoms with Gasteiger partial charge in [-0.15, -0.1) is 0 Å². The molecule has 2 aromatic carbocycles. The number of carbonyl (C=O) groups is 3. The van der Waals surface area contributed by atoms with Crippen molar-refractivity contribution in [2.75, 3.05) is 20.9 Å². The zero-order valence-corrected chi connectivity index (χ0v) is 21.1. The van der Waals surface area contributed by atoms with E-state index in [-0.39, 0.29) is 36.5 Å². The first-order valence-electron chi connectivity index (χ1n) is 12.4. The van der Waals surface area contributed by atoms with Gasteiger partial charge in [0.25, 0.3) is 5.91 Å². The largest absolute Gasteiger partial charge is 0.508 e. The van der Waals surface area contributed by atoms with Crippen LogP contribution in [0.4, 0.5) is 0 Å². The van der Waals surface area contributed by atoms with Gasteiger partial charge in [-0.25, -0.2) is 0 Å². The highest BCUT2D eigenvalue weighted by atomic mass is 16.7. The number of Topliss-reactive ketones (excluding diaryl/α,β-unsaturated/α-hetero) is 2. The molecule has 0 saturated heterocycles. The third-order valence-electron chi connectivity index (χ3n) is 8.29. The van der Waals surface area contributed by atoms with Crippen molar-refractivity contribution in [2.24, 2.45) is 17.6 Å². The number of hydrogen-bond donors (Lipinski definition) is 5. The highest BCUT2D eigenvalue weighted by molar-refractivity contribution is 6.24. The number of likely N-dealkylation sites (N-methyl/N-ethyl adjacent to an activating group) is 1. The van der Waals surface area contributed by atoms with E-state index in [1.807, 2.05) is 6.07 Å². The standard InChI is InChI=1S/C28H26N2O9/c1-30(2)22-15-8-12-7-14-13(11-3-6-17-18(9-11)39-10-38-17)4-5-16(31)20(14)23(32)19(12)25(34)28(15,37)26(35)21(24(22)33)27(29)36/h3-6,9,12,15,22,31-32,35,37H,7-8,10H2,1-2H3,(H2,29,36)/t12-,15-,22-,28-/m1/s1. The second-order valence-electron chi connectivity index (χ2n) is 10.5. The van der Waals surface area contributed by atoms with E-state index >= 15 is 0 Å². The number of ketones is 2. The van der Waals surface area contributed by atoms with Crippen molar-refractivity contribution in [3.05, 3.63) is 58.4 Å². The fourth-order valence-electron chi connectivity index (χ4n) is 6.58.